The molecule has 33 heavy (non-hydrogen) atoms. The number of benzene rings is 2. The molecule has 0 amide bonds. The molecule has 0 spiro atoms. The molecule has 2 saturated carbocycles. The lowest BCUT2D eigenvalue weighted by molar-refractivity contribution is 0.112. The smallest absolute Gasteiger partial charge is 0.150 e. The number of nitrogens with two attached hydrogens (primary N) is 1. The van der Waals surface area contributed by atoms with Crippen LogP contribution in [0.4, 0.5) is 5.69 Å². The van der Waals surface area contributed by atoms with E-state index in [-0.39, 0.29) is 0 Å². The molecule has 6 nitrogen and oxygen atoms in total. The first-order valence-electron chi connectivity index (χ1n) is 11.6. The third-order valence-electron chi connectivity index (χ3n) is 5.56. The molecule has 2 aliphatic carbocycles. The van der Waals surface area contributed by atoms with E-state index in [0.717, 1.165) is 40.5 Å². The minimum absolute atomic E-state index is 0.638. The lowest BCUT2D eigenvalue weighted by Crippen LogP contribution is -2.21. The SMILES string of the molecule is CCS.CN/C=C(\NN)c1ccc(NC)cc1.O=Cc1cccc(C2CC2NCC2CC2)c1. The van der Waals surface area contributed by atoms with Crippen LogP contribution in [0.15, 0.2) is 54.7 Å². The van der Waals surface area contributed by atoms with Gasteiger partial charge in [-0.15, -0.1) is 0 Å². The molecule has 4 rings (SSSR count). The first-order chi connectivity index (χ1) is 16.1. The Labute approximate surface area is 204 Å². The molecule has 0 bridgehead atoms. The van der Waals surface area contributed by atoms with Gasteiger partial charge in [0.05, 0.1) is 5.70 Å². The fourth-order valence-corrected chi connectivity index (χ4v) is 3.46. The van der Waals surface area contributed by atoms with Crippen molar-refractivity contribution in [1.82, 2.24) is 16.1 Å². The van der Waals surface area contributed by atoms with Crippen molar-refractivity contribution < 1.29 is 4.79 Å². The minimum Gasteiger partial charge on any atom is -0.392 e. The molecule has 0 saturated heterocycles. The van der Waals surface area contributed by atoms with Gasteiger partial charge in [0.1, 0.15) is 6.29 Å². The first-order valence-corrected chi connectivity index (χ1v) is 12.2. The predicted molar refractivity (Wildman–Crippen MR) is 144 cm³/mol. The van der Waals surface area contributed by atoms with Crippen molar-refractivity contribution in [2.75, 3.05) is 31.7 Å². The molecule has 2 aromatic rings. The Bertz CT molecular complexity index is 867. The number of carbonyl (C=O) groups excluding carboxylic acids is 1. The number of rotatable bonds is 9. The number of carbonyl (C=O) groups is 1. The van der Waals surface area contributed by atoms with Crippen LogP contribution in [-0.4, -0.2) is 38.7 Å². The quantitative estimate of drug-likeness (QED) is 0.144. The van der Waals surface area contributed by atoms with Gasteiger partial charge in [0.2, 0.25) is 0 Å². The molecule has 7 heteroatoms. The van der Waals surface area contributed by atoms with Crippen LogP contribution in [-0.2, 0) is 0 Å². The summed E-state index contributed by atoms with van der Waals surface area (Å²) in [4.78, 5) is 10.7. The monoisotopic (exact) mass is 469 g/mol. The van der Waals surface area contributed by atoms with E-state index >= 15 is 0 Å². The number of hydrazine groups is 1. The van der Waals surface area contributed by atoms with E-state index in [4.69, 9.17) is 5.84 Å². The van der Waals surface area contributed by atoms with E-state index < -0.39 is 0 Å². The third-order valence-corrected chi connectivity index (χ3v) is 5.56. The minimum atomic E-state index is 0.638. The Kier molecular flexibility index (Phi) is 11.9. The second kappa shape index (κ2) is 14.6. The molecule has 0 aromatic heterocycles. The molecule has 2 atom stereocenters. The highest BCUT2D eigenvalue weighted by atomic mass is 32.1. The van der Waals surface area contributed by atoms with Gasteiger partial charge in [-0.05, 0) is 61.2 Å². The van der Waals surface area contributed by atoms with Crippen LogP contribution in [0, 0.1) is 5.92 Å². The van der Waals surface area contributed by atoms with E-state index in [9.17, 15) is 4.79 Å². The zero-order valence-electron chi connectivity index (χ0n) is 20.0. The van der Waals surface area contributed by atoms with E-state index in [0.29, 0.717) is 12.0 Å². The Morgan fingerprint density at radius 1 is 1.15 bits per heavy atom. The molecule has 2 aromatic carbocycles. The number of nitrogens with one attached hydrogen (secondary N) is 4. The van der Waals surface area contributed by atoms with Crippen molar-refractivity contribution in [1.29, 1.82) is 0 Å². The summed E-state index contributed by atoms with van der Waals surface area (Å²) in [6.07, 6.45) is 6.79. The largest absolute Gasteiger partial charge is 0.392 e. The lowest BCUT2D eigenvalue weighted by Gasteiger charge is -2.07. The van der Waals surface area contributed by atoms with Gasteiger partial charge < -0.3 is 21.4 Å². The number of aldehydes is 1. The van der Waals surface area contributed by atoms with E-state index in [1.54, 1.807) is 0 Å². The van der Waals surface area contributed by atoms with Gasteiger partial charge in [-0.1, -0.05) is 37.3 Å². The van der Waals surface area contributed by atoms with Crippen LogP contribution < -0.4 is 27.2 Å². The lowest BCUT2D eigenvalue weighted by atomic mass is 10.1. The molecular formula is C26H39N5OS. The highest BCUT2D eigenvalue weighted by Crippen LogP contribution is 2.41. The van der Waals surface area contributed by atoms with Gasteiger partial charge >= 0.3 is 0 Å². The van der Waals surface area contributed by atoms with Crippen LogP contribution in [0.1, 0.15) is 53.6 Å². The van der Waals surface area contributed by atoms with Gasteiger partial charge in [-0.2, -0.15) is 12.6 Å². The Balaban J connectivity index is 0.000000211. The summed E-state index contributed by atoms with van der Waals surface area (Å²) in [5.41, 5.74) is 7.73. The van der Waals surface area contributed by atoms with Crippen LogP contribution in [0.3, 0.4) is 0 Å². The van der Waals surface area contributed by atoms with Gasteiger partial charge in [-0.3, -0.25) is 10.6 Å². The second-order valence-electron chi connectivity index (χ2n) is 8.22. The fourth-order valence-electron chi connectivity index (χ4n) is 3.46. The average Bonchev–Trinajstić information content (AvgIpc) is 3.77. The van der Waals surface area contributed by atoms with E-state index in [1.165, 1.54) is 31.4 Å². The summed E-state index contributed by atoms with van der Waals surface area (Å²) in [5.74, 6) is 7.92. The normalized spacial score (nSPS) is 18.6. The summed E-state index contributed by atoms with van der Waals surface area (Å²) in [7, 11) is 3.72. The molecule has 2 fully saturated rings. The summed E-state index contributed by atoms with van der Waals surface area (Å²) >= 11 is 3.79. The van der Waals surface area contributed by atoms with Crippen molar-refractivity contribution in [2.24, 2.45) is 11.8 Å². The molecule has 6 N–H and O–H groups in total. The van der Waals surface area contributed by atoms with Crippen LogP contribution >= 0.6 is 12.6 Å². The molecular weight excluding hydrogens is 430 g/mol. The fraction of sp³-hybridized carbons (Fsp3) is 0.423. The standard InChI is InChI=1S/C14H17NO.C10H16N4.C2H6S/c16-9-11-2-1-3-12(6-11)13-7-14(13)15-8-10-4-5-10;1-12-7-10(14-11)8-3-5-9(13-2)6-4-8;1-2-3/h1-3,6,9-10,13-15H,4-5,7-8H2;3-7,12-14H,11H2,1-2H3;3H,2H2,1H3/b;10-7-;. The summed E-state index contributed by atoms with van der Waals surface area (Å²) in [6.45, 7) is 3.18. The van der Waals surface area contributed by atoms with E-state index in [2.05, 4.69) is 40.1 Å². The third kappa shape index (κ3) is 9.50. The molecule has 0 radical (unpaired) electrons. The summed E-state index contributed by atoms with van der Waals surface area (Å²) < 4.78 is 0. The van der Waals surface area contributed by atoms with Crippen LogP contribution in [0.5, 0.6) is 0 Å². The second-order valence-corrected chi connectivity index (χ2v) is 8.86. The van der Waals surface area contributed by atoms with Crippen molar-refractivity contribution in [2.45, 2.75) is 38.1 Å². The maximum atomic E-state index is 10.7. The first kappa shape index (κ1) is 26.8. The topological polar surface area (TPSA) is 91.2 Å². The number of anilines is 1. The van der Waals surface area contributed by atoms with Gasteiger partial charge in [0.15, 0.2) is 0 Å². The summed E-state index contributed by atoms with van der Waals surface area (Å²) in [5, 5.41) is 9.60. The summed E-state index contributed by atoms with van der Waals surface area (Å²) in [6, 6.07) is 16.6. The van der Waals surface area contributed by atoms with Crippen molar-refractivity contribution in [3.8, 4) is 0 Å². The van der Waals surface area contributed by atoms with Gasteiger partial charge in [0.25, 0.3) is 0 Å². The molecule has 180 valence electrons. The maximum Gasteiger partial charge on any atom is 0.150 e. The zero-order chi connectivity index (χ0) is 24.1. The van der Waals surface area contributed by atoms with Gasteiger partial charge in [-0.25, -0.2) is 0 Å². The molecule has 0 heterocycles. The zero-order valence-corrected chi connectivity index (χ0v) is 20.9. The Hall–Kier alpha value is -2.48. The number of hydrogen-bond acceptors (Lipinski definition) is 7. The van der Waals surface area contributed by atoms with Crippen molar-refractivity contribution >= 4 is 30.3 Å². The molecule has 2 unspecified atom stereocenters. The van der Waals surface area contributed by atoms with Crippen LogP contribution in [0.25, 0.3) is 5.70 Å². The maximum absolute atomic E-state index is 10.7. The average molecular weight is 470 g/mol. The Morgan fingerprint density at radius 3 is 2.39 bits per heavy atom. The van der Waals surface area contributed by atoms with Gasteiger partial charge in [0, 0.05) is 49.1 Å². The van der Waals surface area contributed by atoms with Crippen LogP contribution in [0.2, 0.25) is 0 Å². The Morgan fingerprint density at radius 2 is 1.85 bits per heavy atom. The molecule has 2 aliphatic rings. The highest BCUT2D eigenvalue weighted by Gasteiger charge is 2.38. The van der Waals surface area contributed by atoms with E-state index in [1.807, 2.05) is 69.7 Å². The van der Waals surface area contributed by atoms with Crippen molar-refractivity contribution in [3.63, 3.8) is 0 Å². The number of hydrogen-bond donors (Lipinski definition) is 6. The number of thiol groups is 1. The molecule has 0 aliphatic heterocycles. The predicted octanol–water partition coefficient (Wildman–Crippen LogP) is 4.00. The highest BCUT2D eigenvalue weighted by molar-refractivity contribution is 7.80. The van der Waals surface area contributed by atoms with Crippen molar-refractivity contribution in [3.05, 3.63) is 71.4 Å².